The summed E-state index contributed by atoms with van der Waals surface area (Å²) in [5.41, 5.74) is -0.361. The number of amides is 1. The molecule has 1 aromatic rings. The van der Waals surface area contributed by atoms with E-state index in [9.17, 15) is 19.7 Å². The molecule has 1 aromatic carbocycles. The maximum atomic E-state index is 12.0. The number of aliphatic carboxylic acids is 1. The SMILES string of the molecule is O=C(Nc1cc(Cl)ccc1[N+](=O)[O-])[C@@H]1CC[C@H](C(=O)O)O1. The van der Waals surface area contributed by atoms with Gasteiger partial charge >= 0.3 is 5.97 Å². The van der Waals surface area contributed by atoms with E-state index in [-0.39, 0.29) is 29.2 Å². The van der Waals surface area contributed by atoms with E-state index in [0.717, 1.165) is 0 Å². The number of carboxylic acids is 1. The van der Waals surface area contributed by atoms with Gasteiger partial charge in [0.1, 0.15) is 11.8 Å². The molecule has 1 aliphatic rings. The van der Waals surface area contributed by atoms with E-state index in [2.05, 4.69) is 5.32 Å². The predicted octanol–water partition coefficient (Wildman–Crippen LogP) is 1.82. The first-order valence-electron chi connectivity index (χ1n) is 6.01. The minimum absolute atomic E-state index is 0.0557. The van der Waals surface area contributed by atoms with Crippen LogP contribution in [0.25, 0.3) is 0 Å². The van der Waals surface area contributed by atoms with Crippen molar-refractivity contribution in [3.05, 3.63) is 33.3 Å². The zero-order chi connectivity index (χ0) is 15.6. The molecule has 1 aliphatic heterocycles. The Kier molecular flexibility index (Phi) is 4.39. The number of anilines is 1. The number of nitrogens with zero attached hydrogens (tertiary/aromatic N) is 1. The zero-order valence-electron chi connectivity index (χ0n) is 10.6. The molecule has 0 bridgehead atoms. The number of ether oxygens (including phenoxy) is 1. The van der Waals surface area contributed by atoms with E-state index in [1.165, 1.54) is 18.2 Å². The number of carbonyl (C=O) groups excluding carboxylic acids is 1. The minimum atomic E-state index is -1.14. The van der Waals surface area contributed by atoms with Gasteiger partial charge in [0.15, 0.2) is 6.10 Å². The fourth-order valence-electron chi connectivity index (χ4n) is 1.99. The Morgan fingerprint density at radius 1 is 1.38 bits per heavy atom. The zero-order valence-corrected chi connectivity index (χ0v) is 11.4. The summed E-state index contributed by atoms with van der Waals surface area (Å²) in [6.07, 6.45) is -1.54. The molecule has 0 aliphatic carbocycles. The Morgan fingerprint density at radius 2 is 2.05 bits per heavy atom. The summed E-state index contributed by atoms with van der Waals surface area (Å²) >= 11 is 5.75. The number of halogens is 1. The van der Waals surface area contributed by atoms with Gasteiger partial charge < -0.3 is 15.2 Å². The molecule has 21 heavy (non-hydrogen) atoms. The second-order valence-corrected chi connectivity index (χ2v) is 4.87. The Labute approximate surface area is 123 Å². The largest absolute Gasteiger partial charge is 0.479 e. The summed E-state index contributed by atoms with van der Waals surface area (Å²) in [4.78, 5) is 33.0. The van der Waals surface area contributed by atoms with Crippen molar-refractivity contribution in [3.63, 3.8) is 0 Å². The predicted molar refractivity (Wildman–Crippen MR) is 72.3 cm³/mol. The fourth-order valence-corrected chi connectivity index (χ4v) is 2.16. The number of nitro groups is 1. The highest BCUT2D eigenvalue weighted by molar-refractivity contribution is 6.31. The molecule has 2 N–H and O–H groups in total. The molecular weight excluding hydrogens is 304 g/mol. The molecule has 0 radical (unpaired) electrons. The molecule has 2 atom stereocenters. The molecule has 0 saturated carbocycles. The van der Waals surface area contributed by atoms with E-state index in [0.29, 0.717) is 0 Å². The normalized spacial score (nSPS) is 21.0. The van der Waals surface area contributed by atoms with E-state index in [4.69, 9.17) is 21.4 Å². The Balaban J connectivity index is 2.12. The molecule has 1 amide bonds. The highest BCUT2D eigenvalue weighted by atomic mass is 35.5. The molecule has 9 heteroatoms. The Hall–Kier alpha value is -2.19. The lowest BCUT2D eigenvalue weighted by molar-refractivity contribution is -0.383. The van der Waals surface area contributed by atoms with Crippen LogP contribution >= 0.6 is 11.6 Å². The first kappa shape index (κ1) is 15.2. The third-order valence-corrected chi connectivity index (χ3v) is 3.24. The lowest BCUT2D eigenvalue weighted by atomic mass is 10.2. The topological polar surface area (TPSA) is 119 Å². The second kappa shape index (κ2) is 6.06. The van der Waals surface area contributed by atoms with Gasteiger partial charge in [-0.3, -0.25) is 14.9 Å². The van der Waals surface area contributed by atoms with Crippen molar-refractivity contribution in [1.82, 2.24) is 0 Å². The van der Waals surface area contributed by atoms with E-state index in [1.807, 2.05) is 0 Å². The standard InChI is InChI=1S/C12H11ClN2O6/c13-6-1-2-8(15(19)20)7(5-6)14-11(16)9-3-4-10(21-9)12(17)18/h1-2,5,9-10H,3-4H2,(H,14,16)(H,17,18)/t9-,10+/m0/s1. The van der Waals surface area contributed by atoms with Crippen molar-refractivity contribution in [3.8, 4) is 0 Å². The van der Waals surface area contributed by atoms with E-state index >= 15 is 0 Å². The molecule has 1 fully saturated rings. The van der Waals surface area contributed by atoms with Crippen LogP contribution in [0.15, 0.2) is 18.2 Å². The van der Waals surface area contributed by atoms with Gasteiger partial charge in [0.2, 0.25) is 0 Å². The van der Waals surface area contributed by atoms with E-state index < -0.39 is 29.0 Å². The van der Waals surface area contributed by atoms with E-state index in [1.54, 1.807) is 0 Å². The van der Waals surface area contributed by atoms with Gasteiger partial charge in [-0.25, -0.2) is 4.79 Å². The van der Waals surface area contributed by atoms with Gasteiger partial charge in [0.25, 0.3) is 11.6 Å². The average Bonchev–Trinajstić information content (AvgIpc) is 2.88. The van der Waals surface area contributed by atoms with Crippen LogP contribution in [-0.2, 0) is 14.3 Å². The van der Waals surface area contributed by atoms with Crippen LogP contribution in [0.1, 0.15) is 12.8 Å². The molecule has 112 valence electrons. The van der Waals surface area contributed by atoms with Crippen molar-refractivity contribution in [2.75, 3.05) is 5.32 Å². The molecule has 0 unspecified atom stereocenters. The number of hydrogen-bond acceptors (Lipinski definition) is 5. The molecule has 1 heterocycles. The number of rotatable bonds is 4. The molecular formula is C12H11ClN2O6. The summed E-state index contributed by atoms with van der Waals surface area (Å²) in [6, 6.07) is 3.76. The van der Waals surface area contributed by atoms with Gasteiger partial charge in [-0.1, -0.05) is 11.6 Å². The number of benzene rings is 1. The first-order valence-corrected chi connectivity index (χ1v) is 6.39. The number of nitro benzene ring substituents is 1. The smallest absolute Gasteiger partial charge is 0.332 e. The maximum absolute atomic E-state index is 12.0. The van der Waals surface area contributed by atoms with Crippen LogP contribution in [-0.4, -0.2) is 34.1 Å². The van der Waals surface area contributed by atoms with Crippen molar-refractivity contribution in [1.29, 1.82) is 0 Å². The van der Waals surface area contributed by atoms with Gasteiger partial charge in [0, 0.05) is 11.1 Å². The number of hydrogen-bond donors (Lipinski definition) is 2. The van der Waals surface area contributed by atoms with Crippen molar-refractivity contribution < 1.29 is 24.4 Å². The quantitative estimate of drug-likeness (QED) is 0.646. The van der Waals surface area contributed by atoms with Crippen molar-refractivity contribution in [2.45, 2.75) is 25.0 Å². The van der Waals surface area contributed by atoms with Gasteiger partial charge in [-0.15, -0.1) is 0 Å². The van der Waals surface area contributed by atoms with Gasteiger partial charge in [-0.2, -0.15) is 0 Å². The summed E-state index contributed by atoms with van der Waals surface area (Å²) in [5, 5.41) is 22.3. The van der Waals surface area contributed by atoms with Gasteiger partial charge in [0.05, 0.1) is 4.92 Å². The van der Waals surface area contributed by atoms with Crippen LogP contribution in [0.5, 0.6) is 0 Å². The van der Waals surface area contributed by atoms with Crippen LogP contribution in [0.3, 0.4) is 0 Å². The van der Waals surface area contributed by atoms with Crippen LogP contribution in [0.4, 0.5) is 11.4 Å². The molecule has 0 spiro atoms. The summed E-state index contributed by atoms with van der Waals surface area (Å²) in [6.45, 7) is 0. The average molecular weight is 315 g/mol. The lowest BCUT2D eigenvalue weighted by Crippen LogP contribution is -2.30. The Morgan fingerprint density at radius 3 is 2.62 bits per heavy atom. The molecule has 0 aromatic heterocycles. The van der Waals surface area contributed by atoms with Crippen molar-refractivity contribution in [2.24, 2.45) is 0 Å². The highest BCUT2D eigenvalue weighted by Crippen LogP contribution is 2.29. The Bertz CT molecular complexity index is 605. The van der Waals surface area contributed by atoms with Crippen LogP contribution in [0.2, 0.25) is 5.02 Å². The summed E-state index contributed by atoms with van der Waals surface area (Å²) < 4.78 is 5.07. The van der Waals surface area contributed by atoms with Crippen LogP contribution < -0.4 is 5.32 Å². The van der Waals surface area contributed by atoms with Crippen molar-refractivity contribution >= 4 is 34.9 Å². The van der Waals surface area contributed by atoms with Crippen LogP contribution in [0, 0.1) is 10.1 Å². The molecule has 1 saturated heterocycles. The molecule has 2 rings (SSSR count). The summed E-state index contributed by atoms with van der Waals surface area (Å²) in [5.74, 6) is -1.77. The lowest BCUT2D eigenvalue weighted by Gasteiger charge is -2.12. The monoisotopic (exact) mass is 314 g/mol. The fraction of sp³-hybridized carbons (Fsp3) is 0.333. The highest BCUT2D eigenvalue weighted by Gasteiger charge is 2.35. The second-order valence-electron chi connectivity index (χ2n) is 4.44. The third-order valence-electron chi connectivity index (χ3n) is 3.00. The number of nitrogens with one attached hydrogen (secondary N) is 1. The summed E-state index contributed by atoms with van der Waals surface area (Å²) in [7, 11) is 0. The first-order chi connectivity index (χ1) is 9.88. The number of carbonyl (C=O) groups is 2. The molecule has 8 nitrogen and oxygen atoms in total. The minimum Gasteiger partial charge on any atom is -0.479 e. The maximum Gasteiger partial charge on any atom is 0.332 e. The number of carboxylic acid groups (broad SMARTS) is 1. The van der Waals surface area contributed by atoms with Gasteiger partial charge in [-0.05, 0) is 25.0 Å². The third kappa shape index (κ3) is 3.47.